The molecule has 0 radical (unpaired) electrons. The predicted molar refractivity (Wildman–Crippen MR) is 100 cm³/mol. The van der Waals surface area contributed by atoms with Gasteiger partial charge in [0.25, 0.3) is 5.69 Å². The molecule has 0 spiro atoms. The minimum absolute atomic E-state index is 0.743. The fourth-order valence-corrected chi connectivity index (χ4v) is 7.32. The van der Waals surface area contributed by atoms with Crippen LogP contribution in [0.2, 0.25) is 0 Å². The molecule has 0 saturated heterocycles. The summed E-state index contributed by atoms with van der Waals surface area (Å²) in [6.07, 6.45) is 0. The summed E-state index contributed by atoms with van der Waals surface area (Å²) in [7, 11) is 6.31. The molecule has 0 unspecified atom stereocenters. The van der Waals surface area contributed by atoms with Crippen molar-refractivity contribution < 1.29 is 18.1 Å². The summed E-state index contributed by atoms with van der Waals surface area (Å²) in [5, 5.41) is 0. The third-order valence-corrected chi connectivity index (χ3v) is 13.5. The van der Waals surface area contributed by atoms with Gasteiger partial charge in [-0.2, -0.15) is 0 Å². The van der Waals surface area contributed by atoms with Crippen LogP contribution in [0.4, 0.5) is 0 Å². The largest absolute Gasteiger partial charge is 0.325 e. The maximum atomic E-state index is 5.33. The normalized spacial score (nSPS) is 12.6. The lowest BCUT2D eigenvalue weighted by Crippen LogP contribution is -1.86. The second kappa shape index (κ2) is 9.38. The SMILES string of the molecule is COP(=S)(OC)SCc1ccc(SP(=S)(OC)OC)cc1. The summed E-state index contributed by atoms with van der Waals surface area (Å²) in [5.41, 5.74) is -3.34. The van der Waals surface area contributed by atoms with Gasteiger partial charge in [0.2, 0.25) is 5.69 Å². The lowest BCUT2D eigenvalue weighted by Gasteiger charge is -2.17. The van der Waals surface area contributed by atoms with Crippen LogP contribution in [0.1, 0.15) is 5.56 Å². The molecule has 120 valence electrons. The van der Waals surface area contributed by atoms with Crippen molar-refractivity contribution in [3.8, 4) is 0 Å². The van der Waals surface area contributed by atoms with Gasteiger partial charge in [-0.15, -0.1) is 0 Å². The van der Waals surface area contributed by atoms with Crippen LogP contribution in [0.15, 0.2) is 29.2 Å². The molecule has 0 aliphatic carbocycles. The first kappa shape index (κ1) is 20.1. The standard InChI is InChI=1S/C11H18O4P2S4/c1-12-16(18,13-2)20-9-10-5-7-11(8-6-10)21-17(19,14-3)15-4/h5-8H,9H2,1-4H3. The van der Waals surface area contributed by atoms with Crippen molar-refractivity contribution in [1.29, 1.82) is 0 Å². The third kappa shape index (κ3) is 6.60. The monoisotopic (exact) mass is 404 g/mol. The van der Waals surface area contributed by atoms with E-state index < -0.39 is 11.4 Å². The Morgan fingerprint density at radius 2 is 1.33 bits per heavy atom. The van der Waals surface area contributed by atoms with Crippen molar-refractivity contribution in [1.82, 2.24) is 0 Å². The molecule has 0 N–H and O–H groups in total. The molecule has 1 aromatic carbocycles. The molecular formula is C11H18O4P2S4. The first-order valence-electron chi connectivity index (χ1n) is 5.76. The van der Waals surface area contributed by atoms with Crippen LogP contribution in [0.5, 0.6) is 0 Å². The summed E-state index contributed by atoms with van der Waals surface area (Å²) in [4.78, 5) is 1.02. The second-order valence-corrected chi connectivity index (χ2v) is 16.6. The Balaban J connectivity index is 2.67. The first-order valence-corrected chi connectivity index (χ1v) is 14.0. The highest BCUT2D eigenvalue weighted by Crippen LogP contribution is 2.63. The molecule has 0 amide bonds. The van der Waals surface area contributed by atoms with E-state index in [1.165, 1.54) is 22.8 Å². The second-order valence-electron chi connectivity index (χ2n) is 3.63. The lowest BCUT2D eigenvalue weighted by molar-refractivity contribution is 0.353. The van der Waals surface area contributed by atoms with Crippen LogP contribution >= 0.6 is 34.2 Å². The fraction of sp³-hybridized carbons (Fsp3) is 0.455. The molecule has 1 aromatic rings. The van der Waals surface area contributed by atoms with Gasteiger partial charge in [-0.3, -0.25) is 0 Å². The van der Waals surface area contributed by atoms with Gasteiger partial charge < -0.3 is 18.1 Å². The smallest absolute Gasteiger partial charge is 0.251 e. The molecule has 10 heteroatoms. The van der Waals surface area contributed by atoms with Crippen molar-refractivity contribution >= 4 is 57.8 Å². The van der Waals surface area contributed by atoms with Gasteiger partial charge in [0, 0.05) is 39.1 Å². The zero-order valence-corrected chi connectivity index (χ0v) is 17.2. The molecule has 0 aromatic heterocycles. The molecule has 1 rings (SSSR count). The van der Waals surface area contributed by atoms with Crippen LogP contribution in [-0.2, 0) is 47.5 Å². The Labute approximate surface area is 144 Å². The molecule has 0 bridgehead atoms. The average molecular weight is 404 g/mol. The van der Waals surface area contributed by atoms with Crippen molar-refractivity contribution in [2.75, 3.05) is 28.4 Å². The van der Waals surface area contributed by atoms with E-state index in [1.54, 1.807) is 28.4 Å². The summed E-state index contributed by atoms with van der Waals surface area (Å²) >= 11 is 13.6. The number of benzene rings is 1. The van der Waals surface area contributed by atoms with Crippen molar-refractivity contribution in [2.24, 2.45) is 0 Å². The van der Waals surface area contributed by atoms with E-state index in [1.807, 2.05) is 24.3 Å². The highest BCUT2D eigenvalue weighted by atomic mass is 32.9. The zero-order chi connectivity index (χ0) is 15.9. The van der Waals surface area contributed by atoms with Crippen molar-refractivity contribution in [3.05, 3.63) is 29.8 Å². The van der Waals surface area contributed by atoms with E-state index in [2.05, 4.69) is 0 Å². The molecule has 21 heavy (non-hydrogen) atoms. The molecule has 0 atom stereocenters. The summed E-state index contributed by atoms with van der Waals surface area (Å²) in [6, 6.07) is 8.07. The Morgan fingerprint density at radius 3 is 1.76 bits per heavy atom. The van der Waals surface area contributed by atoms with E-state index in [4.69, 9.17) is 41.7 Å². The van der Waals surface area contributed by atoms with Gasteiger partial charge in [0.15, 0.2) is 0 Å². The van der Waals surface area contributed by atoms with Gasteiger partial charge >= 0.3 is 0 Å². The topological polar surface area (TPSA) is 36.9 Å². The first-order chi connectivity index (χ1) is 9.90. The molecular weight excluding hydrogens is 386 g/mol. The van der Waals surface area contributed by atoms with Gasteiger partial charge in [0.1, 0.15) is 0 Å². The van der Waals surface area contributed by atoms with E-state index >= 15 is 0 Å². The maximum absolute atomic E-state index is 5.33. The number of hydrogen-bond donors (Lipinski definition) is 0. The Kier molecular flexibility index (Phi) is 8.98. The molecule has 0 heterocycles. The molecule has 0 aliphatic heterocycles. The van der Waals surface area contributed by atoms with E-state index in [0.717, 1.165) is 16.2 Å². The summed E-state index contributed by atoms with van der Waals surface area (Å²) < 4.78 is 21.0. The minimum Gasteiger partial charge on any atom is -0.325 e. The Bertz CT molecular complexity index is 522. The van der Waals surface area contributed by atoms with Crippen LogP contribution < -0.4 is 0 Å². The van der Waals surface area contributed by atoms with Crippen molar-refractivity contribution in [2.45, 2.75) is 10.6 Å². The predicted octanol–water partition coefficient (Wildman–Crippen LogP) is 5.05. The van der Waals surface area contributed by atoms with Crippen LogP contribution in [0.3, 0.4) is 0 Å². The van der Waals surface area contributed by atoms with E-state index in [9.17, 15) is 0 Å². The Morgan fingerprint density at radius 1 is 0.857 bits per heavy atom. The number of rotatable bonds is 9. The molecule has 0 saturated carbocycles. The molecule has 0 fully saturated rings. The molecule has 4 nitrogen and oxygen atoms in total. The van der Waals surface area contributed by atoms with Gasteiger partial charge in [-0.25, -0.2) is 0 Å². The maximum Gasteiger partial charge on any atom is 0.251 e. The highest BCUT2D eigenvalue weighted by molar-refractivity contribution is 8.68. The van der Waals surface area contributed by atoms with Crippen LogP contribution in [0, 0.1) is 0 Å². The Hall–Kier alpha value is 1.06. The van der Waals surface area contributed by atoms with Gasteiger partial charge in [0.05, 0.1) is 0 Å². The fourth-order valence-electron chi connectivity index (χ4n) is 1.26. The minimum atomic E-state index is -2.28. The van der Waals surface area contributed by atoms with E-state index in [0.29, 0.717) is 0 Å². The van der Waals surface area contributed by atoms with E-state index in [-0.39, 0.29) is 0 Å². The van der Waals surface area contributed by atoms with Gasteiger partial charge in [-0.1, -0.05) is 23.5 Å². The quantitative estimate of drug-likeness (QED) is 0.530. The summed E-state index contributed by atoms with van der Waals surface area (Å²) in [5.74, 6) is 0.743. The average Bonchev–Trinajstić information content (AvgIpc) is 2.53. The highest BCUT2D eigenvalue weighted by Gasteiger charge is 2.18. The summed E-state index contributed by atoms with van der Waals surface area (Å²) in [6.45, 7) is 0. The van der Waals surface area contributed by atoms with Crippen molar-refractivity contribution in [3.63, 3.8) is 0 Å². The molecule has 0 aliphatic rings. The lowest BCUT2D eigenvalue weighted by atomic mass is 10.2. The third-order valence-electron chi connectivity index (χ3n) is 2.42. The zero-order valence-electron chi connectivity index (χ0n) is 12.2. The van der Waals surface area contributed by atoms with Crippen LogP contribution in [-0.4, -0.2) is 28.4 Å². The number of hydrogen-bond acceptors (Lipinski definition) is 8. The van der Waals surface area contributed by atoms with Crippen LogP contribution in [0.25, 0.3) is 0 Å². The van der Waals surface area contributed by atoms with Gasteiger partial charge in [-0.05, 0) is 52.7 Å².